The number of benzene rings is 9. The fraction of sp³-hybridized carbons (Fsp3) is 0.108. The number of anilines is 5. The van der Waals surface area contributed by atoms with E-state index in [1.807, 2.05) is 0 Å². The third kappa shape index (κ3) is 7.59. The molecule has 1 saturated carbocycles. The van der Waals surface area contributed by atoms with Crippen LogP contribution in [0.25, 0.3) is 50.1 Å². The van der Waals surface area contributed by atoms with E-state index in [-0.39, 0.29) is 5.41 Å². The number of fused-ring (bicyclic) bond motifs is 5. The van der Waals surface area contributed by atoms with Crippen molar-refractivity contribution >= 4 is 34.0 Å². The van der Waals surface area contributed by atoms with Crippen LogP contribution in [0.15, 0.2) is 248 Å². The van der Waals surface area contributed by atoms with Crippen LogP contribution in [0, 0.1) is 0 Å². The molecule has 3 aliphatic rings. The van der Waals surface area contributed by atoms with Crippen molar-refractivity contribution in [2.75, 3.05) is 9.80 Å². The molecule has 9 aromatic carbocycles. The predicted octanol–water partition coefficient (Wildman–Crippen LogP) is 17.9. The fourth-order valence-electron chi connectivity index (χ4n) is 11.2. The summed E-state index contributed by atoms with van der Waals surface area (Å²) in [5.41, 5.74) is 23.0. The Balaban J connectivity index is 0.883. The van der Waals surface area contributed by atoms with Gasteiger partial charge in [-0.1, -0.05) is 189 Å². The lowest BCUT2D eigenvalue weighted by molar-refractivity contribution is 0.550. The van der Waals surface area contributed by atoms with E-state index in [1.54, 1.807) is 0 Å². The predicted molar refractivity (Wildman–Crippen MR) is 282 cm³/mol. The van der Waals surface area contributed by atoms with Crippen LogP contribution in [0.2, 0.25) is 0 Å². The van der Waals surface area contributed by atoms with Crippen molar-refractivity contribution in [3.05, 3.63) is 265 Å². The summed E-state index contributed by atoms with van der Waals surface area (Å²) in [5.74, 6) is 0. The zero-order valence-corrected chi connectivity index (χ0v) is 37.7. The van der Waals surface area contributed by atoms with Gasteiger partial charge in [-0.15, -0.1) is 0 Å². The van der Waals surface area contributed by atoms with Crippen LogP contribution < -0.4 is 9.80 Å². The molecule has 0 aromatic heterocycles. The van der Waals surface area contributed by atoms with Crippen LogP contribution >= 0.6 is 0 Å². The summed E-state index contributed by atoms with van der Waals surface area (Å²) in [6.07, 6.45) is 11.7. The number of hydrogen-bond acceptors (Lipinski definition) is 2. The van der Waals surface area contributed by atoms with E-state index in [0.717, 1.165) is 29.9 Å². The maximum Gasteiger partial charge on any atom is 0.0462 e. The van der Waals surface area contributed by atoms with Crippen molar-refractivity contribution in [2.24, 2.45) is 0 Å². The Morgan fingerprint density at radius 1 is 0.299 bits per heavy atom. The van der Waals surface area contributed by atoms with Gasteiger partial charge in [0.1, 0.15) is 0 Å². The second-order valence-corrected chi connectivity index (χ2v) is 18.4. The molecule has 0 aliphatic heterocycles. The molecule has 12 rings (SSSR count). The molecule has 0 bridgehead atoms. The zero-order chi connectivity index (χ0) is 44.6. The van der Waals surface area contributed by atoms with E-state index < -0.39 is 0 Å². The average Bonchev–Trinajstić information content (AvgIpc) is 4.02. The summed E-state index contributed by atoms with van der Waals surface area (Å²) in [6, 6.07) is 84.7. The van der Waals surface area contributed by atoms with Crippen molar-refractivity contribution in [1.82, 2.24) is 0 Å². The van der Waals surface area contributed by atoms with Gasteiger partial charge in [-0.05, 0) is 159 Å². The maximum atomic E-state index is 2.54. The summed E-state index contributed by atoms with van der Waals surface area (Å²) in [7, 11) is 0. The van der Waals surface area contributed by atoms with Crippen molar-refractivity contribution in [2.45, 2.75) is 43.9 Å². The molecule has 2 heteroatoms. The molecule has 0 heterocycles. The van der Waals surface area contributed by atoms with Crippen molar-refractivity contribution in [3.8, 4) is 44.5 Å². The minimum Gasteiger partial charge on any atom is -0.314 e. The smallest absolute Gasteiger partial charge is 0.0462 e. The van der Waals surface area contributed by atoms with Crippen LogP contribution in [-0.2, 0) is 5.41 Å². The van der Waals surface area contributed by atoms with Gasteiger partial charge in [0.15, 0.2) is 0 Å². The molecule has 0 radical (unpaired) electrons. The summed E-state index contributed by atoms with van der Waals surface area (Å²) in [6.45, 7) is 0. The van der Waals surface area contributed by atoms with Crippen LogP contribution in [-0.4, -0.2) is 0 Å². The highest BCUT2D eigenvalue weighted by Crippen LogP contribution is 2.58. The quantitative estimate of drug-likeness (QED) is 0.135. The number of allylic oxidation sites excluding steroid dienone is 4. The third-order valence-corrected chi connectivity index (χ3v) is 14.6. The van der Waals surface area contributed by atoms with Crippen molar-refractivity contribution in [1.29, 1.82) is 0 Å². The van der Waals surface area contributed by atoms with E-state index in [4.69, 9.17) is 0 Å². The first-order chi connectivity index (χ1) is 33.2. The Morgan fingerprint density at radius 2 is 0.701 bits per heavy atom. The van der Waals surface area contributed by atoms with Crippen molar-refractivity contribution < 1.29 is 0 Å². The minimum atomic E-state index is 0.109. The third-order valence-electron chi connectivity index (χ3n) is 14.6. The molecule has 0 unspecified atom stereocenters. The Morgan fingerprint density at radius 3 is 1.18 bits per heavy atom. The minimum absolute atomic E-state index is 0.109. The fourth-order valence-corrected chi connectivity index (χ4v) is 11.2. The Labute approximate surface area is 395 Å². The molecular formula is C65H52N2. The Bertz CT molecular complexity index is 3150. The SMILES string of the molecule is C1=C(c2ccccc2)CCC(N(c2ccc(-c3ccc(N(c4ccc(-c5ccccc5)cc4)c4ccc(-c5ccccc5)cc4)cc3)cc2)c2ccc3c(c2)C2(CCCC2)c2ccccc2-3)=C1. The monoisotopic (exact) mass is 860 g/mol. The number of hydrogen-bond donors (Lipinski definition) is 0. The zero-order valence-electron chi connectivity index (χ0n) is 37.7. The topological polar surface area (TPSA) is 6.48 Å². The molecule has 2 nitrogen and oxygen atoms in total. The van der Waals surface area contributed by atoms with E-state index in [2.05, 4.69) is 252 Å². The second-order valence-electron chi connectivity index (χ2n) is 18.4. The highest BCUT2D eigenvalue weighted by Gasteiger charge is 2.45. The molecule has 0 N–H and O–H groups in total. The molecule has 1 fully saturated rings. The number of nitrogens with zero attached hydrogens (tertiary/aromatic N) is 2. The lowest BCUT2D eigenvalue weighted by Gasteiger charge is -2.32. The van der Waals surface area contributed by atoms with E-state index >= 15 is 0 Å². The highest BCUT2D eigenvalue weighted by molar-refractivity contribution is 5.86. The lowest BCUT2D eigenvalue weighted by Crippen LogP contribution is -2.22. The first-order valence-corrected chi connectivity index (χ1v) is 24.0. The summed E-state index contributed by atoms with van der Waals surface area (Å²) >= 11 is 0. The van der Waals surface area contributed by atoms with Gasteiger partial charge >= 0.3 is 0 Å². The van der Waals surface area contributed by atoms with Gasteiger partial charge < -0.3 is 9.80 Å². The van der Waals surface area contributed by atoms with E-state index in [1.165, 1.54) is 110 Å². The molecule has 3 aliphatic carbocycles. The van der Waals surface area contributed by atoms with Crippen LogP contribution in [0.1, 0.15) is 55.2 Å². The Kier molecular flexibility index (Phi) is 10.6. The molecular weight excluding hydrogens is 809 g/mol. The van der Waals surface area contributed by atoms with Gasteiger partial charge in [0, 0.05) is 39.5 Å². The Hall–Kier alpha value is -7.94. The molecule has 322 valence electrons. The van der Waals surface area contributed by atoms with Gasteiger partial charge in [0.25, 0.3) is 0 Å². The molecule has 0 atom stereocenters. The first-order valence-electron chi connectivity index (χ1n) is 24.0. The normalized spacial score (nSPS) is 14.5. The lowest BCUT2D eigenvalue weighted by atomic mass is 9.76. The van der Waals surface area contributed by atoms with Gasteiger partial charge in [-0.25, -0.2) is 0 Å². The van der Waals surface area contributed by atoms with Crippen LogP contribution in [0.5, 0.6) is 0 Å². The summed E-state index contributed by atoms with van der Waals surface area (Å²) < 4.78 is 0. The molecule has 0 amide bonds. The molecule has 0 saturated heterocycles. The summed E-state index contributed by atoms with van der Waals surface area (Å²) in [5, 5.41) is 0. The van der Waals surface area contributed by atoms with Gasteiger partial charge in [-0.3, -0.25) is 0 Å². The standard InChI is InChI=1S/C65H52N2/c1-4-14-47(15-5-1)50-22-32-55(33-23-50)66(56-34-24-51(25-35-56)48-16-6-2-7-17-48)57-36-28-53(29-37-57)54-30-40-59(41-31-54)67(58-38-26-52(27-39-58)49-18-8-3-9-19-49)60-42-43-62-61-20-10-11-21-63(61)65(64(62)46-60)44-12-13-45-65/h1-11,14-26,28-38,40-43,46H,12-13,27,39,44-45H2. The van der Waals surface area contributed by atoms with Crippen LogP contribution in [0.4, 0.5) is 28.4 Å². The molecule has 1 spiro atoms. The summed E-state index contributed by atoms with van der Waals surface area (Å²) in [4.78, 5) is 4.88. The number of rotatable bonds is 10. The largest absolute Gasteiger partial charge is 0.314 e. The highest BCUT2D eigenvalue weighted by atomic mass is 15.2. The van der Waals surface area contributed by atoms with E-state index in [9.17, 15) is 0 Å². The average molecular weight is 861 g/mol. The maximum absolute atomic E-state index is 2.54. The van der Waals surface area contributed by atoms with Gasteiger partial charge in [0.05, 0.1) is 0 Å². The van der Waals surface area contributed by atoms with Crippen LogP contribution in [0.3, 0.4) is 0 Å². The molecule has 67 heavy (non-hydrogen) atoms. The van der Waals surface area contributed by atoms with Crippen molar-refractivity contribution in [3.63, 3.8) is 0 Å². The second kappa shape index (κ2) is 17.5. The van der Waals surface area contributed by atoms with Gasteiger partial charge in [0.2, 0.25) is 0 Å². The van der Waals surface area contributed by atoms with E-state index in [0.29, 0.717) is 0 Å². The molecule has 9 aromatic rings. The van der Waals surface area contributed by atoms with Gasteiger partial charge in [-0.2, -0.15) is 0 Å². The first kappa shape index (κ1) is 40.6.